The van der Waals surface area contributed by atoms with Crippen molar-refractivity contribution in [3.63, 3.8) is 0 Å². The van der Waals surface area contributed by atoms with E-state index >= 15 is 0 Å². The highest BCUT2D eigenvalue weighted by atomic mass is 32.2. The molecule has 1 aliphatic carbocycles. The molecule has 1 aromatic heterocycles. The monoisotopic (exact) mass is 330 g/mol. The van der Waals surface area contributed by atoms with E-state index in [4.69, 9.17) is 0 Å². The summed E-state index contributed by atoms with van der Waals surface area (Å²) in [4.78, 5) is 11.9. The van der Waals surface area contributed by atoms with Gasteiger partial charge < -0.3 is 9.88 Å². The van der Waals surface area contributed by atoms with Gasteiger partial charge >= 0.3 is 0 Å². The maximum atomic E-state index is 11.9. The van der Waals surface area contributed by atoms with Crippen molar-refractivity contribution in [2.75, 3.05) is 12.3 Å². The van der Waals surface area contributed by atoms with Gasteiger partial charge in [-0.25, -0.2) is 0 Å². The Hall–Kier alpha value is -1.82. The van der Waals surface area contributed by atoms with Gasteiger partial charge in [0.15, 0.2) is 5.16 Å². The van der Waals surface area contributed by atoms with Gasteiger partial charge in [-0.15, -0.1) is 10.2 Å². The van der Waals surface area contributed by atoms with Crippen LogP contribution in [0.4, 0.5) is 0 Å². The smallest absolute Gasteiger partial charge is 0.230 e. The molecule has 1 aromatic carbocycles. The van der Waals surface area contributed by atoms with Crippen molar-refractivity contribution in [1.29, 1.82) is 0 Å². The quantitative estimate of drug-likeness (QED) is 0.597. The molecule has 0 radical (unpaired) electrons. The van der Waals surface area contributed by atoms with Crippen molar-refractivity contribution >= 4 is 17.7 Å². The predicted molar refractivity (Wildman–Crippen MR) is 91.5 cm³/mol. The van der Waals surface area contributed by atoms with Gasteiger partial charge in [0.2, 0.25) is 5.91 Å². The summed E-state index contributed by atoms with van der Waals surface area (Å²) in [6.45, 7) is 2.68. The van der Waals surface area contributed by atoms with E-state index in [1.165, 1.54) is 30.2 Å². The highest BCUT2D eigenvalue weighted by molar-refractivity contribution is 7.99. The molecule has 1 amide bonds. The van der Waals surface area contributed by atoms with Crippen LogP contribution in [0.25, 0.3) is 0 Å². The molecule has 1 N–H and O–H groups in total. The molecule has 122 valence electrons. The van der Waals surface area contributed by atoms with E-state index < -0.39 is 0 Å². The highest BCUT2D eigenvalue weighted by Gasteiger charge is 2.28. The lowest BCUT2D eigenvalue weighted by Crippen LogP contribution is -2.26. The Bertz CT molecular complexity index is 652. The molecule has 3 rings (SSSR count). The Morgan fingerprint density at radius 1 is 1.30 bits per heavy atom. The Labute approximate surface area is 140 Å². The fraction of sp³-hybridized carbons (Fsp3) is 0.471. The molecule has 0 bridgehead atoms. The summed E-state index contributed by atoms with van der Waals surface area (Å²) in [6.07, 6.45) is 4.33. The molecule has 1 fully saturated rings. The fourth-order valence-electron chi connectivity index (χ4n) is 2.55. The first kappa shape index (κ1) is 16.1. The number of hydrogen-bond acceptors (Lipinski definition) is 4. The predicted octanol–water partition coefficient (Wildman–Crippen LogP) is 2.76. The van der Waals surface area contributed by atoms with Crippen molar-refractivity contribution in [1.82, 2.24) is 20.1 Å². The first-order valence-electron chi connectivity index (χ1n) is 8.09. The van der Waals surface area contributed by atoms with Crippen LogP contribution >= 0.6 is 11.8 Å². The average molecular weight is 330 g/mol. The zero-order valence-corrected chi connectivity index (χ0v) is 14.2. The van der Waals surface area contributed by atoms with Crippen LogP contribution in [-0.4, -0.2) is 33.0 Å². The summed E-state index contributed by atoms with van der Waals surface area (Å²) in [6, 6.07) is 10.9. The van der Waals surface area contributed by atoms with E-state index in [1.807, 2.05) is 25.1 Å². The van der Waals surface area contributed by atoms with Crippen molar-refractivity contribution in [3.8, 4) is 0 Å². The Morgan fingerprint density at radius 2 is 2.09 bits per heavy atom. The molecule has 1 aliphatic rings. The van der Waals surface area contributed by atoms with Crippen LogP contribution < -0.4 is 5.32 Å². The number of nitrogens with zero attached hydrogens (tertiary/aromatic N) is 3. The number of nitrogens with one attached hydrogen (secondary N) is 1. The summed E-state index contributed by atoms with van der Waals surface area (Å²) in [5, 5.41) is 12.1. The van der Waals surface area contributed by atoms with Crippen molar-refractivity contribution in [3.05, 3.63) is 41.7 Å². The number of carbonyl (C=O) groups is 1. The summed E-state index contributed by atoms with van der Waals surface area (Å²) in [5.41, 5.74) is 1.31. The maximum absolute atomic E-state index is 11.9. The fourth-order valence-corrected chi connectivity index (χ4v) is 3.43. The number of carbonyl (C=O) groups excluding carboxylic acids is 1. The zero-order valence-electron chi connectivity index (χ0n) is 13.4. The lowest BCUT2D eigenvalue weighted by molar-refractivity contribution is -0.118. The zero-order chi connectivity index (χ0) is 16.1. The largest absolute Gasteiger partial charge is 0.355 e. The molecular formula is C17H22N4OS. The van der Waals surface area contributed by atoms with Crippen LogP contribution in [0.1, 0.15) is 36.7 Å². The molecular weight excluding hydrogens is 308 g/mol. The molecule has 5 nitrogen and oxygen atoms in total. The molecule has 2 aromatic rings. The first-order valence-corrected chi connectivity index (χ1v) is 9.07. The average Bonchev–Trinajstić information content (AvgIpc) is 3.33. The SMILES string of the molecule is Cc1nnc(SCC(=O)NCCCc2ccccc2)n1C1CC1. The second-order valence-corrected chi connectivity index (χ2v) is 6.80. The molecule has 1 heterocycles. The van der Waals surface area contributed by atoms with Gasteiger partial charge in [-0.3, -0.25) is 4.79 Å². The third-order valence-electron chi connectivity index (χ3n) is 3.89. The van der Waals surface area contributed by atoms with Gasteiger partial charge in [-0.05, 0) is 38.2 Å². The minimum atomic E-state index is 0.0612. The van der Waals surface area contributed by atoms with E-state index in [1.54, 1.807) is 0 Å². The van der Waals surface area contributed by atoms with E-state index in [0.29, 0.717) is 18.3 Å². The van der Waals surface area contributed by atoms with E-state index in [-0.39, 0.29) is 5.91 Å². The Morgan fingerprint density at radius 3 is 2.83 bits per heavy atom. The van der Waals surface area contributed by atoms with Gasteiger partial charge in [0.25, 0.3) is 0 Å². The topological polar surface area (TPSA) is 59.8 Å². The van der Waals surface area contributed by atoms with Gasteiger partial charge in [0.05, 0.1) is 5.75 Å². The lowest BCUT2D eigenvalue weighted by Gasteiger charge is -2.07. The number of thioether (sulfide) groups is 1. The molecule has 0 atom stereocenters. The first-order chi connectivity index (χ1) is 11.2. The van der Waals surface area contributed by atoms with E-state index in [9.17, 15) is 4.79 Å². The van der Waals surface area contributed by atoms with Gasteiger partial charge in [0.1, 0.15) is 5.82 Å². The molecule has 0 unspecified atom stereocenters. The summed E-state index contributed by atoms with van der Waals surface area (Å²) in [5.74, 6) is 1.40. The summed E-state index contributed by atoms with van der Waals surface area (Å²) >= 11 is 1.48. The van der Waals surface area contributed by atoms with Crippen LogP contribution in [0.5, 0.6) is 0 Å². The normalized spacial score (nSPS) is 14.0. The number of amides is 1. The van der Waals surface area contributed by atoms with Crippen LogP contribution in [0.3, 0.4) is 0 Å². The van der Waals surface area contributed by atoms with Crippen LogP contribution in [0.15, 0.2) is 35.5 Å². The number of rotatable bonds is 8. The second-order valence-electron chi connectivity index (χ2n) is 5.86. The van der Waals surface area contributed by atoms with Crippen LogP contribution in [-0.2, 0) is 11.2 Å². The summed E-state index contributed by atoms with van der Waals surface area (Å²) < 4.78 is 2.16. The number of hydrogen-bond donors (Lipinski definition) is 1. The molecule has 6 heteroatoms. The van der Waals surface area contributed by atoms with Gasteiger partial charge in [0, 0.05) is 12.6 Å². The van der Waals surface area contributed by atoms with Crippen molar-refractivity contribution in [2.45, 2.75) is 43.8 Å². The Kier molecular flexibility index (Phi) is 5.33. The number of aromatic nitrogens is 3. The maximum Gasteiger partial charge on any atom is 0.230 e. The third-order valence-corrected chi connectivity index (χ3v) is 4.83. The molecule has 0 saturated heterocycles. The number of benzene rings is 1. The van der Waals surface area contributed by atoms with E-state index in [0.717, 1.165) is 23.8 Å². The van der Waals surface area contributed by atoms with Crippen molar-refractivity contribution in [2.24, 2.45) is 0 Å². The third kappa shape index (κ3) is 4.58. The highest BCUT2D eigenvalue weighted by Crippen LogP contribution is 2.38. The Balaban J connectivity index is 1.37. The summed E-state index contributed by atoms with van der Waals surface area (Å²) in [7, 11) is 0. The molecule has 0 spiro atoms. The van der Waals surface area contributed by atoms with Gasteiger partial charge in [-0.1, -0.05) is 42.1 Å². The standard InChI is InChI=1S/C17H22N4OS/c1-13-19-20-17(21(13)15-9-10-15)23-12-16(22)18-11-5-8-14-6-3-2-4-7-14/h2-4,6-7,15H,5,8-12H2,1H3,(H,18,22). The molecule has 0 aliphatic heterocycles. The second kappa shape index (κ2) is 7.64. The van der Waals surface area contributed by atoms with E-state index in [2.05, 4.69) is 32.2 Å². The van der Waals surface area contributed by atoms with Crippen LogP contribution in [0.2, 0.25) is 0 Å². The van der Waals surface area contributed by atoms with Crippen molar-refractivity contribution < 1.29 is 4.79 Å². The minimum absolute atomic E-state index is 0.0612. The molecule has 1 saturated carbocycles. The minimum Gasteiger partial charge on any atom is -0.355 e. The number of aryl methyl sites for hydroxylation is 2. The lowest BCUT2D eigenvalue weighted by atomic mass is 10.1. The molecule has 23 heavy (non-hydrogen) atoms. The van der Waals surface area contributed by atoms with Gasteiger partial charge in [-0.2, -0.15) is 0 Å². The van der Waals surface area contributed by atoms with Crippen LogP contribution in [0, 0.1) is 6.92 Å².